The highest BCUT2D eigenvalue weighted by Crippen LogP contribution is 2.63. The molecule has 1 aromatic carbocycles. The van der Waals surface area contributed by atoms with Gasteiger partial charge in [-0.1, -0.05) is 39.3 Å². The third kappa shape index (κ3) is 4.76. The minimum absolute atomic E-state index is 0.117. The molecule has 1 aliphatic carbocycles. The average molecular weight is 570 g/mol. The van der Waals surface area contributed by atoms with Crippen LogP contribution in [0, 0.1) is 23.2 Å². The van der Waals surface area contributed by atoms with Crippen LogP contribution in [-0.4, -0.2) is 67.4 Å². The van der Waals surface area contributed by atoms with E-state index in [1.165, 1.54) is 22.0 Å². The smallest absolute Gasteiger partial charge is 0.240 e. The summed E-state index contributed by atoms with van der Waals surface area (Å²) in [4.78, 5) is 31.2. The predicted molar refractivity (Wildman–Crippen MR) is 149 cm³/mol. The Labute approximate surface area is 236 Å². The van der Waals surface area contributed by atoms with Crippen LogP contribution < -0.4 is 5.32 Å². The normalized spacial score (nSPS) is 21.1. The number of imide groups is 1. The molecule has 0 radical (unpaired) electrons. The predicted octanol–water partition coefficient (Wildman–Crippen LogP) is 3.85. The van der Waals surface area contributed by atoms with Crippen LogP contribution in [-0.2, 0) is 27.9 Å². The lowest BCUT2D eigenvalue weighted by Gasteiger charge is -2.19. The number of fused-ring (bicyclic) bond motifs is 3. The highest BCUT2D eigenvalue weighted by Gasteiger charge is 2.72. The molecule has 4 aromatic rings. The highest BCUT2D eigenvalue weighted by atomic mass is 35.5. The number of likely N-dealkylation sites (tertiary alicyclic amines) is 1. The van der Waals surface area contributed by atoms with Gasteiger partial charge in [0.1, 0.15) is 12.0 Å². The summed E-state index contributed by atoms with van der Waals surface area (Å²) in [5.41, 5.74) is 2.87. The van der Waals surface area contributed by atoms with Gasteiger partial charge in [0.05, 0.1) is 48.0 Å². The Bertz CT molecular complexity index is 1560. The molecule has 12 heteroatoms. The number of hydrogen-bond donors (Lipinski definition) is 1. The van der Waals surface area contributed by atoms with E-state index in [2.05, 4.69) is 20.5 Å². The molecule has 2 unspecified atom stereocenters. The molecular weight excluding hydrogens is 537 g/mol. The summed E-state index contributed by atoms with van der Waals surface area (Å²) in [5, 5.41) is 12.0. The molecule has 10 nitrogen and oxygen atoms in total. The number of morpholine rings is 1. The van der Waals surface area contributed by atoms with Gasteiger partial charge in [-0.2, -0.15) is 9.49 Å². The zero-order valence-electron chi connectivity index (χ0n) is 23.2. The first-order chi connectivity index (χ1) is 19.2. The number of nitrogens with one attached hydrogen (secondary N) is 1. The van der Waals surface area contributed by atoms with E-state index >= 15 is 0 Å². The lowest BCUT2D eigenvalue weighted by molar-refractivity contribution is -0.143. The van der Waals surface area contributed by atoms with Crippen LogP contribution in [0.3, 0.4) is 0 Å². The maximum atomic E-state index is 14.3. The molecule has 3 aliphatic rings. The second kappa shape index (κ2) is 10.9. The first-order valence-corrected chi connectivity index (χ1v) is 13.8. The van der Waals surface area contributed by atoms with Crippen molar-refractivity contribution in [1.82, 2.24) is 34.6 Å². The Morgan fingerprint density at radius 2 is 1.80 bits per heavy atom. The van der Waals surface area contributed by atoms with Crippen molar-refractivity contribution in [3.05, 3.63) is 47.3 Å². The molecule has 2 atom stereocenters. The fourth-order valence-corrected chi connectivity index (χ4v) is 5.87. The molecule has 5 heterocycles. The minimum Gasteiger partial charge on any atom is -0.379 e. The SMILES string of the molecule is C1COCCN1.CC.Cn1nc(F)c2cc(Cl)cc(-c3ncnn4cc(CN5C(=O)C6C(C5=O)C6(C)C)cc34)c21. The fraction of sp³-hybridized carbons (Fsp3) is 0.464. The van der Waals surface area contributed by atoms with E-state index < -0.39 is 5.95 Å². The molecule has 0 spiro atoms. The molecule has 3 aromatic heterocycles. The van der Waals surface area contributed by atoms with E-state index in [4.69, 9.17) is 16.3 Å². The quantitative estimate of drug-likeness (QED) is 0.374. The van der Waals surface area contributed by atoms with Gasteiger partial charge in [-0.25, -0.2) is 9.50 Å². The van der Waals surface area contributed by atoms with Crippen LogP contribution in [0.4, 0.5) is 4.39 Å². The Morgan fingerprint density at radius 1 is 1.12 bits per heavy atom. The molecule has 40 heavy (non-hydrogen) atoms. The van der Waals surface area contributed by atoms with E-state index in [9.17, 15) is 14.0 Å². The van der Waals surface area contributed by atoms with Gasteiger partial charge in [0, 0.05) is 36.9 Å². The molecule has 3 fully saturated rings. The molecule has 1 saturated carbocycles. The summed E-state index contributed by atoms with van der Waals surface area (Å²) in [6, 6.07) is 5.08. The largest absolute Gasteiger partial charge is 0.379 e. The summed E-state index contributed by atoms with van der Waals surface area (Å²) in [6.45, 7) is 11.9. The number of carbonyl (C=O) groups excluding carboxylic acids is 2. The number of hydrogen-bond acceptors (Lipinski definition) is 7. The summed E-state index contributed by atoms with van der Waals surface area (Å²) < 4.78 is 22.4. The summed E-state index contributed by atoms with van der Waals surface area (Å²) in [6.07, 6.45) is 3.16. The van der Waals surface area contributed by atoms with Gasteiger partial charge >= 0.3 is 0 Å². The van der Waals surface area contributed by atoms with Gasteiger partial charge in [0.2, 0.25) is 17.8 Å². The highest BCUT2D eigenvalue weighted by molar-refractivity contribution is 6.32. The van der Waals surface area contributed by atoms with Crippen LogP contribution >= 0.6 is 11.6 Å². The average Bonchev–Trinajstić information content (AvgIpc) is 3.21. The number of benzene rings is 1. The van der Waals surface area contributed by atoms with Gasteiger partial charge in [0.15, 0.2) is 0 Å². The zero-order chi connectivity index (χ0) is 28.8. The van der Waals surface area contributed by atoms with E-state index in [1.807, 2.05) is 33.8 Å². The Balaban J connectivity index is 0.000000354. The molecule has 212 valence electrons. The Kier molecular flexibility index (Phi) is 7.64. The number of amides is 2. The van der Waals surface area contributed by atoms with Crippen molar-refractivity contribution in [2.24, 2.45) is 24.3 Å². The van der Waals surface area contributed by atoms with Crippen LogP contribution in [0.1, 0.15) is 33.3 Å². The number of halogens is 2. The molecule has 1 N–H and O–H groups in total. The number of rotatable bonds is 3. The molecule has 2 amide bonds. The van der Waals surface area contributed by atoms with Crippen LogP contribution in [0.5, 0.6) is 0 Å². The second-order valence-corrected chi connectivity index (χ2v) is 10.9. The monoisotopic (exact) mass is 569 g/mol. The van der Waals surface area contributed by atoms with Gasteiger partial charge in [-0.15, -0.1) is 5.10 Å². The van der Waals surface area contributed by atoms with Crippen molar-refractivity contribution < 1.29 is 18.7 Å². The van der Waals surface area contributed by atoms with Crippen molar-refractivity contribution in [3.63, 3.8) is 0 Å². The first kappa shape index (κ1) is 28.1. The first-order valence-electron chi connectivity index (χ1n) is 13.5. The number of aromatic nitrogens is 5. The van der Waals surface area contributed by atoms with Crippen molar-refractivity contribution in [2.45, 2.75) is 34.2 Å². The number of aryl methyl sites for hydroxylation is 1. The number of carbonyl (C=O) groups is 2. The van der Waals surface area contributed by atoms with Crippen molar-refractivity contribution in [2.75, 3.05) is 26.3 Å². The molecule has 7 rings (SSSR count). The maximum absolute atomic E-state index is 14.3. The topological polar surface area (TPSA) is 107 Å². The number of nitrogens with zero attached hydrogens (tertiary/aromatic N) is 6. The van der Waals surface area contributed by atoms with E-state index in [-0.39, 0.29) is 35.6 Å². The standard InChI is InChI=1S/C22H18ClFN6O2.C4H9NO.C2H6/c1-22(2)15-16(22)21(32)29(20(15)31)7-10-4-14-17(25-9-26-30(14)8-10)12-5-11(23)6-13-18(12)28(3)27-19(13)24;1-3-6-4-2-5-1;1-2/h4-6,8-9,15-16H,7H2,1-3H3;5H,1-4H2;1-2H3. The van der Waals surface area contributed by atoms with Crippen molar-refractivity contribution in [1.29, 1.82) is 0 Å². The molecule has 2 saturated heterocycles. The van der Waals surface area contributed by atoms with E-state index in [1.54, 1.807) is 23.8 Å². The summed E-state index contributed by atoms with van der Waals surface area (Å²) in [7, 11) is 1.65. The van der Waals surface area contributed by atoms with Gasteiger partial charge in [-0.05, 0) is 29.2 Å². The lowest BCUT2D eigenvalue weighted by atomic mass is 10.1. The van der Waals surface area contributed by atoms with Crippen LogP contribution in [0.25, 0.3) is 27.7 Å². The molecule has 0 bridgehead atoms. The number of piperidine rings is 1. The van der Waals surface area contributed by atoms with Gasteiger partial charge in [0.25, 0.3) is 0 Å². The maximum Gasteiger partial charge on any atom is 0.240 e. The Morgan fingerprint density at radius 3 is 2.40 bits per heavy atom. The fourth-order valence-electron chi connectivity index (χ4n) is 5.66. The molecular formula is C28H33ClFN7O3. The third-order valence-electron chi connectivity index (χ3n) is 7.65. The van der Waals surface area contributed by atoms with Crippen molar-refractivity contribution in [3.8, 4) is 11.3 Å². The van der Waals surface area contributed by atoms with Crippen molar-refractivity contribution >= 4 is 39.8 Å². The minimum atomic E-state index is -0.611. The zero-order valence-corrected chi connectivity index (χ0v) is 24.0. The van der Waals surface area contributed by atoms with E-state index in [0.717, 1.165) is 31.9 Å². The summed E-state index contributed by atoms with van der Waals surface area (Å²) >= 11 is 6.26. The number of ether oxygens (including phenoxy) is 1. The summed E-state index contributed by atoms with van der Waals surface area (Å²) in [5.74, 6) is -1.29. The van der Waals surface area contributed by atoms with Gasteiger partial charge < -0.3 is 10.1 Å². The van der Waals surface area contributed by atoms with Crippen LogP contribution in [0.15, 0.2) is 30.7 Å². The third-order valence-corrected chi connectivity index (χ3v) is 7.87. The second-order valence-electron chi connectivity index (χ2n) is 10.5. The van der Waals surface area contributed by atoms with Crippen LogP contribution in [0.2, 0.25) is 5.02 Å². The Hall–Kier alpha value is -3.41. The lowest BCUT2D eigenvalue weighted by Crippen LogP contribution is -2.35. The van der Waals surface area contributed by atoms with E-state index in [0.29, 0.717) is 32.7 Å². The van der Waals surface area contributed by atoms with Gasteiger partial charge in [-0.3, -0.25) is 19.2 Å². The molecule has 2 aliphatic heterocycles.